The summed E-state index contributed by atoms with van der Waals surface area (Å²) in [7, 11) is 0. The van der Waals surface area contributed by atoms with Gasteiger partial charge in [-0.3, -0.25) is 4.79 Å². The summed E-state index contributed by atoms with van der Waals surface area (Å²) in [5, 5.41) is 0. The largest absolute Gasteiger partial charge is 0.316 e. The Labute approximate surface area is 88.8 Å². The molecule has 1 amide bonds. The first-order chi connectivity index (χ1) is 7.20. The number of amides is 1. The Morgan fingerprint density at radius 1 is 1.20 bits per heavy atom. The molecule has 1 aromatic carbocycles. The molecule has 0 bridgehead atoms. The Morgan fingerprint density at radius 2 is 1.73 bits per heavy atom. The van der Waals surface area contributed by atoms with Gasteiger partial charge in [-0.05, 0) is 5.56 Å². The number of rotatable bonds is 4. The van der Waals surface area contributed by atoms with Crippen LogP contribution in [-0.2, 0) is 4.79 Å². The fourth-order valence-electron chi connectivity index (χ4n) is 1.25. The van der Waals surface area contributed by atoms with Gasteiger partial charge in [-0.2, -0.15) is 0 Å². The maximum atomic E-state index is 11.7. The maximum Gasteiger partial charge on any atom is 0.246 e. The molecule has 0 aliphatic heterocycles. The predicted octanol–water partition coefficient (Wildman–Crippen LogP) is -0.653. The van der Waals surface area contributed by atoms with Gasteiger partial charge in [-0.25, -0.2) is 0 Å². The SMILES string of the molecule is NCN(CN)C(=O)C(N)c1ccccc1. The molecule has 1 unspecified atom stereocenters. The van der Waals surface area contributed by atoms with Crippen LogP contribution in [0.25, 0.3) is 0 Å². The van der Waals surface area contributed by atoms with Crippen molar-refractivity contribution >= 4 is 5.91 Å². The van der Waals surface area contributed by atoms with Gasteiger partial charge >= 0.3 is 0 Å². The summed E-state index contributed by atoms with van der Waals surface area (Å²) in [5.74, 6) is -0.258. The summed E-state index contributed by atoms with van der Waals surface area (Å²) in [6, 6.07) is 8.43. The van der Waals surface area contributed by atoms with Crippen molar-refractivity contribution in [3.05, 3.63) is 35.9 Å². The Balaban J connectivity index is 2.76. The van der Waals surface area contributed by atoms with Crippen LogP contribution in [0.2, 0.25) is 0 Å². The van der Waals surface area contributed by atoms with Gasteiger partial charge in [0.2, 0.25) is 5.91 Å². The van der Waals surface area contributed by atoms with E-state index in [0.29, 0.717) is 0 Å². The first kappa shape index (κ1) is 11.6. The third kappa shape index (κ3) is 2.76. The molecule has 0 aliphatic carbocycles. The van der Waals surface area contributed by atoms with Gasteiger partial charge in [0.05, 0.1) is 13.3 Å². The van der Waals surface area contributed by atoms with Gasteiger partial charge < -0.3 is 22.1 Å². The number of hydrogen-bond acceptors (Lipinski definition) is 4. The molecular formula is C10H16N4O. The van der Waals surface area contributed by atoms with Crippen LogP contribution in [0, 0.1) is 0 Å². The van der Waals surface area contributed by atoms with E-state index in [9.17, 15) is 4.79 Å². The van der Waals surface area contributed by atoms with E-state index < -0.39 is 6.04 Å². The second-order valence-corrected chi connectivity index (χ2v) is 3.13. The summed E-state index contributed by atoms with van der Waals surface area (Å²) in [6.45, 7) is 0.158. The minimum absolute atomic E-state index is 0.0792. The zero-order valence-corrected chi connectivity index (χ0v) is 8.47. The number of hydrogen-bond donors (Lipinski definition) is 3. The van der Waals surface area contributed by atoms with E-state index in [-0.39, 0.29) is 19.2 Å². The molecule has 1 rings (SSSR count). The van der Waals surface area contributed by atoms with Crippen molar-refractivity contribution in [3.63, 3.8) is 0 Å². The van der Waals surface area contributed by atoms with Crippen molar-refractivity contribution in [3.8, 4) is 0 Å². The van der Waals surface area contributed by atoms with Gasteiger partial charge in [0, 0.05) is 0 Å². The van der Waals surface area contributed by atoms with Gasteiger partial charge in [-0.1, -0.05) is 30.3 Å². The number of carbonyl (C=O) groups excluding carboxylic acids is 1. The lowest BCUT2D eigenvalue weighted by atomic mass is 10.1. The van der Waals surface area contributed by atoms with Crippen LogP contribution >= 0.6 is 0 Å². The predicted molar refractivity (Wildman–Crippen MR) is 58.3 cm³/mol. The van der Waals surface area contributed by atoms with Gasteiger partial charge in [0.15, 0.2) is 0 Å². The smallest absolute Gasteiger partial charge is 0.246 e. The van der Waals surface area contributed by atoms with Crippen LogP contribution in [0.5, 0.6) is 0 Å². The number of benzene rings is 1. The molecule has 0 aromatic heterocycles. The molecule has 0 spiro atoms. The molecule has 1 atom stereocenters. The van der Waals surface area contributed by atoms with Crippen molar-refractivity contribution in [1.82, 2.24) is 4.90 Å². The third-order valence-electron chi connectivity index (χ3n) is 2.18. The Bertz CT molecular complexity index is 310. The normalized spacial score (nSPS) is 12.2. The zero-order chi connectivity index (χ0) is 11.3. The molecule has 0 saturated carbocycles. The van der Waals surface area contributed by atoms with Crippen molar-refractivity contribution < 1.29 is 4.79 Å². The molecule has 0 radical (unpaired) electrons. The molecule has 5 heteroatoms. The fourth-order valence-corrected chi connectivity index (χ4v) is 1.25. The highest BCUT2D eigenvalue weighted by molar-refractivity contribution is 5.82. The highest BCUT2D eigenvalue weighted by Crippen LogP contribution is 2.11. The lowest BCUT2D eigenvalue weighted by Crippen LogP contribution is -2.44. The first-order valence-corrected chi connectivity index (χ1v) is 4.70. The first-order valence-electron chi connectivity index (χ1n) is 4.70. The Kier molecular flexibility index (Phi) is 4.23. The second kappa shape index (κ2) is 5.45. The average molecular weight is 208 g/mol. The standard InChI is InChI=1S/C10H16N4O/c11-6-14(7-12)10(15)9(13)8-4-2-1-3-5-8/h1-5,9H,6-7,11-13H2. The molecule has 6 N–H and O–H groups in total. The minimum Gasteiger partial charge on any atom is -0.316 e. The lowest BCUT2D eigenvalue weighted by Gasteiger charge is -2.22. The molecule has 0 fully saturated rings. The van der Waals surface area contributed by atoms with Crippen LogP contribution < -0.4 is 17.2 Å². The molecule has 82 valence electrons. The Morgan fingerprint density at radius 3 is 2.20 bits per heavy atom. The van der Waals surface area contributed by atoms with E-state index in [0.717, 1.165) is 5.56 Å². The highest BCUT2D eigenvalue weighted by Gasteiger charge is 2.20. The molecule has 0 saturated heterocycles. The van der Waals surface area contributed by atoms with Crippen LogP contribution in [0.15, 0.2) is 30.3 Å². The molecule has 0 aliphatic rings. The average Bonchev–Trinajstić information content (AvgIpc) is 2.30. The zero-order valence-electron chi connectivity index (χ0n) is 8.47. The minimum atomic E-state index is -0.696. The van der Waals surface area contributed by atoms with E-state index in [1.807, 2.05) is 18.2 Å². The molecule has 5 nitrogen and oxygen atoms in total. The number of carbonyl (C=O) groups is 1. The van der Waals surface area contributed by atoms with E-state index in [2.05, 4.69) is 0 Å². The van der Waals surface area contributed by atoms with Crippen LogP contribution in [0.3, 0.4) is 0 Å². The van der Waals surface area contributed by atoms with Crippen LogP contribution in [0.1, 0.15) is 11.6 Å². The van der Waals surface area contributed by atoms with Gasteiger partial charge in [0.25, 0.3) is 0 Å². The second-order valence-electron chi connectivity index (χ2n) is 3.13. The van der Waals surface area contributed by atoms with Crippen molar-refractivity contribution in [2.45, 2.75) is 6.04 Å². The van der Waals surface area contributed by atoms with Gasteiger partial charge in [0.1, 0.15) is 6.04 Å². The summed E-state index contributed by atoms with van der Waals surface area (Å²) < 4.78 is 0. The van der Waals surface area contributed by atoms with Crippen molar-refractivity contribution in [2.24, 2.45) is 17.2 Å². The Hall–Kier alpha value is -1.43. The van der Waals surface area contributed by atoms with Crippen LogP contribution in [-0.4, -0.2) is 24.1 Å². The van der Waals surface area contributed by atoms with Gasteiger partial charge in [-0.15, -0.1) is 0 Å². The lowest BCUT2D eigenvalue weighted by molar-refractivity contribution is -0.132. The van der Waals surface area contributed by atoms with E-state index in [4.69, 9.17) is 17.2 Å². The molecular weight excluding hydrogens is 192 g/mol. The summed E-state index contributed by atoms with van der Waals surface area (Å²) in [4.78, 5) is 13.0. The topological polar surface area (TPSA) is 98.4 Å². The molecule has 1 aromatic rings. The van der Waals surface area contributed by atoms with Crippen molar-refractivity contribution in [2.75, 3.05) is 13.3 Å². The molecule has 15 heavy (non-hydrogen) atoms. The summed E-state index contributed by atoms with van der Waals surface area (Å²) in [5.41, 5.74) is 17.3. The summed E-state index contributed by atoms with van der Waals surface area (Å²) in [6.07, 6.45) is 0. The number of nitrogens with zero attached hydrogens (tertiary/aromatic N) is 1. The fraction of sp³-hybridized carbons (Fsp3) is 0.300. The van der Waals surface area contributed by atoms with E-state index >= 15 is 0 Å². The van der Waals surface area contributed by atoms with E-state index in [1.54, 1.807) is 12.1 Å². The number of nitrogens with two attached hydrogens (primary N) is 3. The van der Waals surface area contributed by atoms with Crippen molar-refractivity contribution in [1.29, 1.82) is 0 Å². The monoisotopic (exact) mass is 208 g/mol. The highest BCUT2D eigenvalue weighted by atomic mass is 16.2. The third-order valence-corrected chi connectivity index (χ3v) is 2.18. The quantitative estimate of drug-likeness (QED) is 0.572. The van der Waals surface area contributed by atoms with E-state index in [1.165, 1.54) is 4.90 Å². The molecule has 0 heterocycles. The summed E-state index contributed by atoms with van der Waals surface area (Å²) >= 11 is 0. The van der Waals surface area contributed by atoms with Crippen LogP contribution in [0.4, 0.5) is 0 Å². The maximum absolute atomic E-state index is 11.7.